The molecule has 2 amide bonds. The Morgan fingerprint density at radius 3 is 2.25 bits per heavy atom. The van der Waals surface area contributed by atoms with E-state index in [1.54, 1.807) is 12.1 Å². The van der Waals surface area contributed by atoms with Gasteiger partial charge in [-0.1, -0.05) is 13.8 Å². The maximum absolute atomic E-state index is 11.6. The fourth-order valence-corrected chi connectivity index (χ4v) is 1.62. The number of amides is 2. The number of anilines is 2. The molecule has 0 atom stereocenters. The highest BCUT2D eigenvalue weighted by molar-refractivity contribution is 5.88. The van der Waals surface area contributed by atoms with Gasteiger partial charge in [-0.3, -0.25) is 9.59 Å². The molecule has 1 aromatic carbocycles. The second-order valence-electron chi connectivity index (χ2n) is 5.14. The van der Waals surface area contributed by atoms with E-state index in [2.05, 4.69) is 29.8 Å². The van der Waals surface area contributed by atoms with Crippen molar-refractivity contribution in [2.45, 2.75) is 27.2 Å². The minimum atomic E-state index is -0.102. The van der Waals surface area contributed by atoms with E-state index in [1.165, 1.54) is 6.92 Å². The summed E-state index contributed by atoms with van der Waals surface area (Å²) in [5.74, 6) is 0.469. The summed E-state index contributed by atoms with van der Waals surface area (Å²) in [4.78, 5) is 22.5. The molecule has 0 aromatic heterocycles. The first-order chi connectivity index (χ1) is 9.47. The summed E-state index contributed by atoms with van der Waals surface area (Å²) in [6.07, 6.45) is 0.983. The molecule has 0 radical (unpaired) electrons. The van der Waals surface area contributed by atoms with Crippen molar-refractivity contribution in [1.29, 1.82) is 0 Å². The van der Waals surface area contributed by atoms with Crippen molar-refractivity contribution in [3.05, 3.63) is 24.3 Å². The number of carbonyl (C=O) groups is 2. The van der Waals surface area contributed by atoms with Crippen molar-refractivity contribution in [2.75, 3.05) is 23.7 Å². The Kier molecular flexibility index (Phi) is 6.56. The summed E-state index contributed by atoms with van der Waals surface area (Å²) in [5, 5.41) is 8.59. The van der Waals surface area contributed by atoms with Gasteiger partial charge in [-0.2, -0.15) is 0 Å². The van der Waals surface area contributed by atoms with E-state index < -0.39 is 0 Å². The molecule has 20 heavy (non-hydrogen) atoms. The van der Waals surface area contributed by atoms with Gasteiger partial charge in [0.2, 0.25) is 11.8 Å². The first-order valence-corrected chi connectivity index (χ1v) is 6.85. The van der Waals surface area contributed by atoms with E-state index in [0.717, 1.165) is 17.8 Å². The van der Waals surface area contributed by atoms with Crippen molar-refractivity contribution >= 4 is 23.2 Å². The molecular weight excluding hydrogens is 254 g/mol. The zero-order valence-corrected chi connectivity index (χ0v) is 12.3. The smallest absolute Gasteiger partial charge is 0.239 e. The molecule has 1 aromatic rings. The second kappa shape index (κ2) is 8.19. The molecule has 5 heteroatoms. The zero-order valence-electron chi connectivity index (χ0n) is 12.3. The van der Waals surface area contributed by atoms with Gasteiger partial charge in [0.25, 0.3) is 0 Å². The predicted octanol–water partition coefficient (Wildman–Crippen LogP) is 2.22. The van der Waals surface area contributed by atoms with E-state index in [1.807, 2.05) is 12.1 Å². The van der Waals surface area contributed by atoms with E-state index in [4.69, 9.17) is 0 Å². The molecule has 0 heterocycles. The number of rotatable bonds is 7. The quantitative estimate of drug-likeness (QED) is 0.715. The van der Waals surface area contributed by atoms with Gasteiger partial charge in [0.15, 0.2) is 0 Å². The Labute approximate surface area is 120 Å². The first kappa shape index (κ1) is 16.0. The Balaban J connectivity index is 2.30. The molecule has 0 aliphatic heterocycles. The molecule has 0 bridgehead atoms. The standard InChI is InChI=1S/C15H23N3O2/c1-11(2)8-9-16-15(20)10-17-13-4-6-14(7-5-13)18-12(3)19/h4-7,11,17H,8-10H2,1-3H3,(H,16,20)(H,18,19). The number of benzene rings is 1. The van der Waals surface area contributed by atoms with E-state index in [-0.39, 0.29) is 18.4 Å². The average molecular weight is 277 g/mol. The maximum Gasteiger partial charge on any atom is 0.239 e. The van der Waals surface area contributed by atoms with Crippen molar-refractivity contribution in [1.82, 2.24) is 5.32 Å². The first-order valence-electron chi connectivity index (χ1n) is 6.85. The summed E-state index contributed by atoms with van der Waals surface area (Å²) in [6.45, 7) is 6.67. The third-order valence-electron chi connectivity index (χ3n) is 2.70. The normalized spacial score (nSPS) is 10.2. The molecular formula is C15H23N3O2. The Hall–Kier alpha value is -2.04. The summed E-state index contributed by atoms with van der Waals surface area (Å²) in [6, 6.07) is 7.24. The van der Waals surface area contributed by atoms with Gasteiger partial charge in [-0.05, 0) is 36.6 Å². The van der Waals surface area contributed by atoms with Crippen LogP contribution in [0, 0.1) is 5.92 Å². The third kappa shape index (κ3) is 6.78. The van der Waals surface area contributed by atoms with Gasteiger partial charge in [-0.15, -0.1) is 0 Å². The summed E-state index contributed by atoms with van der Waals surface area (Å²) in [5.41, 5.74) is 1.59. The number of hydrogen-bond donors (Lipinski definition) is 3. The second-order valence-corrected chi connectivity index (χ2v) is 5.14. The topological polar surface area (TPSA) is 70.2 Å². The van der Waals surface area contributed by atoms with Crippen LogP contribution in [0.5, 0.6) is 0 Å². The van der Waals surface area contributed by atoms with Crippen molar-refractivity contribution in [3.8, 4) is 0 Å². The molecule has 0 unspecified atom stereocenters. The zero-order chi connectivity index (χ0) is 15.0. The molecule has 0 aliphatic carbocycles. The molecule has 0 saturated heterocycles. The van der Waals surface area contributed by atoms with Crippen LogP contribution in [0.25, 0.3) is 0 Å². The highest BCUT2D eigenvalue weighted by Crippen LogP contribution is 2.13. The number of carbonyl (C=O) groups excluding carboxylic acids is 2. The summed E-state index contributed by atoms with van der Waals surface area (Å²) >= 11 is 0. The highest BCUT2D eigenvalue weighted by Gasteiger charge is 2.02. The largest absolute Gasteiger partial charge is 0.376 e. The minimum absolute atomic E-state index is 0.0170. The van der Waals surface area contributed by atoms with Crippen LogP contribution in [0.15, 0.2) is 24.3 Å². The minimum Gasteiger partial charge on any atom is -0.376 e. The monoisotopic (exact) mass is 277 g/mol. The molecule has 0 aliphatic rings. The SMILES string of the molecule is CC(=O)Nc1ccc(NCC(=O)NCCC(C)C)cc1. The summed E-state index contributed by atoms with van der Waals surface area (Å²) in [7, 11) is 0. The highest BCUT2D eigenvalue weighted by atomic mass is 16.2. The van der Waals surface area contributed by atoms with Crippen LogP contribution < -0.4 is 16.0 Å². The van der Waals surface area contributed by atoms with Crippen molar-refractivity contribution in [3.63, 3.8) is 0 Å². The van der Waals surface area contributed by atoms with Crippen LogP contribution >= 0.6 is 0 Å². The van der Waals surface area contributed by atoms with Crippen LogP contribution in [-0.2, 0) is 9.59 Å². The molecule has 110 valence electrons. The molecule has 0 fully saturated rings. The summed E-state index contributed by atoms with van der Waals surface area (Å²) < 4.78 is 0. The van der Waals surface area contributed by atoms with E-state index >= 15 is 0 Å². The Morgan fingerprint density at radius 1 is 1.10 bits per heavy atom. The Morgan fingerprint density at radius 2 is 1.70 bits per heavy atom. The lowest BCUT2D eigenvalue weighted by Crippen LogP contribution is -2.31. The Bertz CT molecular complexity index is 441. The van der Waals surface area contributed by atoms with Gasteiger partial charge in [0.05, 0.1) is 6.54 Å². The number of hydrogen-bond acceptors (Lipinski definition) is 3. The predicted molar refractivity (Wildman–Crippen MR) is 81.7 cm³/mol. The fourth-order valence-electron chi connectivity index (χ4n) is 1.62. The van der Waals surface area contributed by atoms with Crippen LogP contribution in [0.3, 0.4) is 0 Å². The molecule has 1 rings (SSSR count). The van der Waals surface area contributed by atoms with Crippen molar-refractivity contribution < 1.29 is 9.59 Å². The number of nitrogens with one attached hydrogen (secondary N) is 3. The van der Waals surface area contributed by atoms with E-state index in [9.17, 15) is 9.59 Å². The van der Waals surface area contributed by atoms with Crippen molar-refractivity contribution in [2.24, 2.45) is 5.92 Å². The van der Waals surface area contributed by atoms with Gasteiger partial charge >= 0.3 is 0 Å². The van der Waals surface area contributed by atoms with E-state index in [0.29, 0.717) is 12.5 Å². The lowest BCUT2D eigenvalue weighted by molar-refractivity contribution is -0.119. The average Bonchev–Trinajstić information content (AvgIpc) is 2.37. The van der Waals surface area contributed by atoms with Gasteiger partial charge in [0, 0.05) is 24.8 Å². The molecule has 0 spiro atoms. The lowest BCUT2D eigenvalue weighted by Gasteiger charge is -2.09. The third-order valence-corrected chi connectivity index (χ3v) is 2.70. The maximum atomic E-state index is 11.6. The molecule has 3 N–H and O–H groups in total. The molecule has 0 saturated carbocycles. The van der Waals surface area contributed by atoms with Gasteiger partial charge in [-0.25, -0.2) is 0 Å². The fraction of sp³-hybridized carbons (Fsp3) is 0.467. The lowest BCUT2D eigenvalue weighted by atomic mass is 10.1. The van der Waals surface area contributed by atoms with Crippen LogP contribution in [0.1, 0.15) is 27.2 Å². The van der Waals surface area contributed by atoms with Crippen LogP contribution in [0.2, 0.25) is 0 Å². The van der Waals surface area contributed by atoms with Crippen LogP contribution in [0.4, 0.5) is 11.4 Å². The van der Waals surface area contributed by atoms with Crippen LogP contribution in [-0.4, -0.2) is 24.9 Å². The molecule has 5 nitrogen and oxygen atoms in total. The van der Waals surface area contributed by atoms with Gasteiger partial charge in [0.1, 0.15) is 0 Å². The van der Waals surface area contributed by atoms with Gasteiger partial charge < -0.3 is 16.0 Å².